The topological polar surface area (TPSA) is 49.4 Å². The van der Waals surface area contributed by atoms with Gasteiger partial charge in [0.1, 0.15) is 0 Å². The summed E-state index contributed by atoms with van der Waals surface area (Å²) in [6, 6.07) is 11.0. The Labute approximate surface area is 167 Å². The Kier molecular flexibility index (Phi) is 6.62. The van der Waals surface area contributed by atoms with Gasteiger partial charge in [-0.15, -0.1) is 0 Å². The van der Waals surface area contributed by atoms with Gasteiger partial charge in [0, 0.05) is 42.6 Å². The lowest BCUT2D eigenvalue weighted by atomic mass is 10.1. The van der Waals surface area contributed by atoms with Crippen LogP contribution in [0.25, 0.3) is 0 Å². The van der Waals surface area contributed by atoms with Crippen LogP contribution in [0.3, 0.4) is 0 Å². The van der Waals surface area contributed by atoms with Crippen molar-refractivity contribution in [1.82, 2.24) is 10.2 Å². The van der Waals surface area contributed by atoms with Gasteiger partial charge in [-0.25, -0.2) is 8.78 Å². The minimum atomic E-state index is -0.951. The average Bonchev–Trinajstić information content (AvgIpc) is 3.00. The molecule has 7 heteroatoms. The molecule has 148 valence electrons. The van der Waals surface area contributed by atoms with Gasteiger partial charge in [0.25, 0.3) is 0 Å². The molecular weight excluding hydrogens is 386 g/mol. The summed E-state index contributed by atoms with van der Waals surface area (Å²) in [5.74, 6) is -2.21. The minimum Gasteiger partial charge on any atom is -0.356 e. The van der Waals surface area contributed by atoms with E-state index in [1.54, 1.807) is 12.1 Å². The molecule has 1 N–H and O–H groups in total. The van der Waals surface area contributed by atoms with E-state index in [1.807, 2.05) is 12.1 Å². The number of halogens is 3. The number of carbonyl (C=O) groups is 2. The Morgan fingerprint density at radius 3 is 2.68 bits per heavy atom. The zero-order valence-corrected chi connectivity index (χ0v) is 16.0. The molecule has 1 aliphatic rings. The molecule has 3 rings (SSSR count). The molecule has 1 fully saturated rings. The molecule has 0 spiro atoms. The molecule has 1 atom stereocenters. The Hall–Kier alpha value is -2.47. The van der Waals surface area contributed by atoms with Crippen LogP contribution < -0.4 is 5.32 Å². The third-order valence-corrected chi connectivity index (χ3v) is 5.15. The van der Waals surface area contributed by atoms with Gasteiger partial charge in [0.05, 0.1) is 0 Å². The highest BCUT2D eigenvalue weighted by Gasteiger charge is 2.33. The van der Waals surface area contributed by atoms with E-state index in [0.717, 1.165) is 11.6 Å². The van der Waals surface area contributed by atoms with E-state index in [9.17, 15) is 18.4 Å². The fraction of sp³-hybridized carbons (Fsp3) is 0.333. The van der Waals surface area contributed by atoms with Crippen molar-refractivity contribution in [2.45, 2.75) is 38.3 Å². The first-order valence-electron chi connectivity index (χ1n) is 9.17. The predicted molar refractivity (Wildman–Crippen MR) is 103 cm³/mol. The van der Waals surface area contributed by atoms with Crippen molar-refractivity contribution in [2.75, 3.05) is 6.54 Å². The van der Waals surface area contributed by atoms with Gasteiger partial charge in [-0.3, -0.25) is 9.59 Å². The molecule has 0 radical (unpaired) electrons. The summed E-state index contributed by atoms with van der Waals surface area (Å²) in [6.07, 6.45) is 1.65. The van der Waals surface area contributed by atoms with Gasteiger partial charge in [0.15, 0.2) is 11.6 Å². The second-order valence-corrected chi connectivity index (χ2v) is 7.29. The van der Waals surface area contributed by atoms with Crippen molar-refractivity contribution in [3.63, 3.8) is 0 Å². The zero-order valence-electron chi connectivity index (χ0n) is 15.3. The molecule has 4 nitrogen and oxygen atoms in total. The van der Waals surface area contributed by atoms with Crippen LogP contribution in [-0.2, 0) is 22.6 Å². The third kappa shape index (κ3) is 5.07. The number of nitrogens with one attached hydrogen (secondary N) is 1. The van der Waals surface area contributed by atoms with Crippen LogP contribution in [-0.4, -0.2) is 29.3 Å². The smallest absolute Gasteiger partial charge is 0.223 e. The van der Waals surface area contributed by atoms with Crippen LogP contribution in [0.4, 0.5) is 8.78 Å². The maximum Gasteiger partial charge on any atom is 0.223 e. The number of benzene rings is 2. The highest BCUT2D eigenvalue weighted by atomic mass is 35.5. The number of amides is 2. The first-order chi connectivity index (χ1) is 13.4. The second-order valence-electron chi connectivity index (χ2n) is 6.86. The fourth-order valence-electron chi connectivity index (χ4n) is 3.36. The van der Waals surface area contributed by atoms with Crippen LogP contribution in [0.2, 0.25) is 5.02 Å². The van der Waals surface area contributed by atoms with Crippen molar-refractivity contribution >= 4 is 23.4 Å². The molecule has 0 saturated carbocycles. The number of rotatable bonds is 7. The van der Waals surface area contributed by atoms with Gasteiger partial charge < -0.3 is 10.2 Å². The largest absolute Gasteiger partial charge is 0.356 e. The molecule has 2 aromatic rings. The monoisotopic (exact) mass is 406 g/mol. The lowest BCUT2D eigenvalue weighted by Gasteiger charge is -2.25. The summed E-state index contributed by atoms with van der Waals surface area (Å²) < 4.78 is 27.3. The van der Waals surface area contributed by atoms with E-state index in [1.165, 1.54) is 17.0 Å². The molecule has 1 saturated heterocycles. The third-order valence-electron chi connectivity index (χ3n) is 4.89. The quantitative estimate of drug-likeness (QED) is 0.759. The number of likely N-dealkylation sites (tertiary alicyclic amines) is 1. The molecule has 0 bridgehead atoms. The van der Waals surface area contributed by atoms with Gasteiger partial charge in [0.2, 0.25) is 11.8 Å². The van der Waals surface area contributed by atoms with E-state index in [2.05, 4.69) is 5.32 Å². The predicted octanol–water partition coefficient (Wildman–Crippen LogP) is 3.86. The van der Waals surface area contributed by atoms with Gasteiger partial charge >= 0.3 is 0 Å². The lowest BCUT2D eigenvalue weighted by Crippen LogP contribution is -2.37. The molecule has 2 aromatic carbocycles. The van der Waals surface area contributed by atoms with Crippen LogP contribution >= 0.6 is 11.6 Å². The Morgan fingerprint density at radius 1 is 1.18 bits per heavy atom. The van der Waals surface area contributed by atoms with Crippen LogP contribution in [0, 0.1) is 11.6 Å². The van der Waals surface area contributed by atoms with Crippen molar-refractivity contribution in [3.8, 4) is 0 Å². The normalized spacial score (nSPS) is 16.5. The number of nitrogens with zero attached hydrogens (tertiary/aromatic N) is 1. The van der Waals surface area contributed by atoms with Crippen LogP contribution in [0.1, 0.15) is 30.4 Å². The summed E-state index contributed by atoms with van der Waals surface area (Å²) in [7, 11) is 0. The Balaban J connectivity index is 1.53. The highest BCUT2D eigenvalue weighted by molar-refractivity contribution is 6.30. The number of hydrogen-bond acceptors (Lipinski definition) is 2. The maximum atomic E-state index is 13.9. The molecule has 0 aromatic heterocycles. The molecule has 2 amide bonds. The fourth-order valence-corrected chi connectivity index (χ4v) is 3.49. The van der Waals surface area contributed by atoms with Crippen LogP contribution in [0.5, 0.6) is 0 Å². The van der Waals surface area contributed by atoms with E-state index < -0.39 is 11.6 Å². The van der Waals surface area contributed by atoms with Gasteiger partial charge in [-0.2, -0.15) is 0 Å². The molecule has 28 heavy (non-hydrogen) atoms. The first kappa shape index (κ1) is 20.3. The Bertz CT molecular complexity index is 858. The highest BCUT2D eigenvalue weighted by Crippen LogP contribution is 2.25. The lowest BCUT2D eigenvalue weighted by molar-refractivity contribution is -0.130. The number of carbonyl (C=O) groups excluding carboxylic acids is 2. The second kappa shape index (κ2) is 9.15. The van der Waals surface area contributed by atoms with Crippen molar-refractivity contribution < 1.29 is 18.4 Å². The van der Waals surface area contributed by atoms with Gasteiger partial charge in [-0.1, -0.05) is 35.9 Å². The van der Waals surface area contributed by atoms with Crippen molar-refractivity contribution in [3.05, 3.63) is 70.2 Å². The summed E-state index contributed by atoms with van der Waals surface area (Å²) in [4.78, 5) is 25.9. The standard InChI is InChI=1S/C21H21ClF2N2O2/c22-16-6-4-14(5-7-16)10-11-25-19(27)12-17-8-9-20(28)26(17)13-15-2-1-3-18(23)21(15)24/h1-7,17H,8-13H2,(H,25,27). The maximum absolute atomic E-state index is 13.9. The Morgan fingerprint density at radius 2 is 1.93 bits per heavy atom. The van der Waals surface area contributed by atoms with E-state index >= 15 is 0 Å². The first-order valence-corrected chi connectivity index (χ1v) is 9.55. The summed E-state index contributed by atoms with van der Waals surface area (Å²) in [5, 5.41) is 3.51. The van der Waals surface area contributed by atoms with Gasteiger partial charge in [-0.05, 0) is 36.6 Å². The summed E-state index contributed by atoms with van der Waals surface area (Å²) in [5.41, 5.74) is 1.17. The zero-order chi connectivity index (χ0) is 20.1. The molecule has 1 unspecified atom stereocenters. The van der Waals surface area contributed by atoms with Crippen LogP contribution in [0.15, 0.2) is 42.5 Å². The van der Waals surface area contributed by atoms with E-state index in [4.69, 9.17) is 11.6 Å². The van der Waals surface area contributed by atoms with Crippen molar-refractivity contribution in [2.24, 2.45) is 0 Å². The molecule has 0 aliphatic carbocycles. The number of hydrogen-bond donors (Lipinski definition) is 1. The molecule has 1 aliphatic heterocycles. The summed E-state index contributed by atoms with van der Waals surface area (Å²) >= 11 is 5.85. The molecular formula is C21H21ClF2N2O2. The van der Waals surface area contributed by atoms with Crippen molar-refractivity contribution in [1.29, 1.82) is 0 Å². The minimum absolute atomic E-state index is 0.0366. The summed E-state index contributed by atoms with van der Waals surface area (Å²) in [6.45, 7) is 0.435. The average molecular weight is 407 g/mol. The van der Waals surface area contributed by atoms with E-state index in [-0.39, 0.29) is 36.4 Å². The molecule has 1 heterocycles. The van der Waals surface area contributed by atoms with E-state index in [0.29, 0.717) is 30.8 Å². The SMILES string of the molecule is O=C(CC1CCC(=O)N1Cc1cccc(F)c1F)NCCc1ccc(Cl)cc1.